The van der Waals surface area contributed by atoms with Crippen LogP contribution in [0, 0.1) is 11.8 Å². The Labute approximate surface area is 147 Å². The van der Waals surface area contributed by atoms with Gasteiger partial charge in [-0.25, -0.2) is 4.79 Å². The zero-order valence-electron chi connectivity index (χ0n) is 14.3. The third-order valence-corrected chi connectivity index (χ3v) is 4.84. The van der Waals surface area contributed by atoms with Gasteiger partial charge in [-0.1, -0.05) is 37.3 Å². The zero-order chi connectivity index (χ0) is 17.8. The molecule has 0 radical (unpaired) electrons. The number of benzene rings is 1. The highest BCUT2D eigenvalue weighted by atomic mass is 16.5. The molecule has 1 aliphatic heterocycles. The van der Waals surface area contributed by atoms with Gasteiger partial charge in [0.2, 0.25) is 5.91 Å². The second kappa shape index (κ2) is 7.51. The van der Waals surface area contributed by atoms with Crippen LogP contribution in [0.3, 0.4) is 0 Å². The summed E-state index contributed by atoms with van der Waals surface area (Å²) in [4.78, 5) is 24.1. The van der Waals surface area contributed by atoms with Gasteiger partial charge in [-0.3, -0.25) is 9.80 Å². The summed E-state index contributed by atoms with van der Waals surface area (Å²) in [6.07, 6.45) is 6.39. The zero-order valence-corrected chi connectivity index (χ0v) is 14.3. The van der Waals surface area contributed by atoms with Gasteiger partial charge in [0.1, 0.15) is 11.8 Å². The van der Waals surface area contributed by atoms with Crippen molar-refractivity contribution >= 4 is 23.3 Å². The first-order chi connectivity index (χ1) is 12.1. The number of para-hydroxylation sites is 1. The fourth-order valence-electron chi connectivity index (χ4n) is 3.18. The lowest BCUT2D eigenvalue weighted by molar-refractivity contribution is -0.137. The smallest absolute Gasteiger partial charge is 0.354 e. The van der Waals surface area contributed by atoms with E-state index in [-0.39, 0.29) is 12.1 Å². The van der Waals surface area contributed by atoms with Crippen LogP contribution in [-0.4, -0.2) is 30.2 Å². The van der Waals surface area contributed by atoms with E-state index in [1.54, 1.807) is 0 Å². The Hall–Kier alpha value is -2.63. The average molecular weight is 341 g/mol. The quantitative estimate of drug-likeness (QED) is 0.657. The molecule has 6 heteroatoms. The van der Waals surface area contributed by atoms with Crippen molar-refractivity contribution < 1.29 is 14.3 Å². The van der Waals surface area contributed by atoms with E-state index >= 15 is 0 Å². The Morgan fingerprint density at radius 2 is 1.96 bits per heavy atom. The van der Waals surface area contributed by atoms with Crippen molar-refractivity contribution in [2.75, 3.05) is 11.6 Å². The Morgan fingerprint density at radius 3 is 2.64 bits per heavy atom. The summed E-state index contributed by atoms with van der Waals surface area (Å²) >= 11 is 0. The summed E-state index contributed by atoms with van der Waals surface area (Å²) in [6.45, 7) is 2.53. The Kier molecular flexibility index (Phi) is 5.16. The van der Waals surface area contributed by atoms with Gasteiger partial charge in [-0.15, -0.1) is 0 Å². The van der Waals surface area contributed by atoms with Gasteiger partial charge < -0.3 is 10.5 Å². The summed E-state index contributed by atoms with van der Waals surface area (Å²) < 4.78 is 5.47. The van der Waals surface area contributed by atoms with Gasteiger partial charge in [0, 0.05) is 6.42 Å². The molecule has 1 heterocycles. The number of rotatable bonds is 5. The van der Waals surface area contributed by atoms with Crippen LogP contribution in [0.5, 0.6) is 0 Å². The molecule has 0 aromatic heterocycles. The monoisotopic (exact) mass is 341 g/mol. The predicted molar refractivity (Wildman–Crippen MR) is 95.9 cm³/mol. The molecule has 3 atom stereocenters. The summed E-state index contributed by atoms with van der Waals surface area (Å²) in [5.41, 5.74) is 6.45. The number of esters is 1. The maximum Gasteiger partial charge on any atom is 0.354 e. The van der Waals surface area contributed by atoms with E-state index in [0.717, 1.165) is 18.5 Å². The standard InChI is InChI=1S/C19H23N3O3/c1-13-7-5-6-8-14(13)12-25-19(24)16-11-17(18(20)23)22(21-16)15-9-3-2-4-10-15/h2-6,9-10,13-14,17H,7-8,11-12H2,1H3,(H2,20,23)/t13-,14+,17+/m1/s1. The van der Waals surface area contributed by atoms with E-state index in [4.69, 9.17) is 10.5 Å². The maximum atomic E-state index is 12.4. The molecule has 1 aromatic rings. The SMILES string of the molecule is C[C@@H]1CC=CC[C@H]1COC(=O)C1=NN(c2ccccc2)[C@H](C(N)=O)C1. The third kappa shape index (κ3) is 3.90. The minimum absolute atomic E-state index is 0.170. The van der Waals surface area contributed by atoms with E-state index in [9.17, 15) is 9.59 Å². The molecule has 0 spiro atoms. The molecule has 0 fully saturated rings. The van der Waals surface area contributed by atoms with Crippen molar-refractivity contribution in [3.63, 3.8) is 0 Å². The fraction of sp³-hybridized carbons (Fsp3) is 0.421. The Morgan fingerprint density at radius 1 is 1.24 bits per heavy atom. The van der Waals surface area contributed by atoms with Crippen LogP contribution in [0.15, 0.2) is 47.6 Å². The Balaban J connectivity index is 1.67. The number of nitrogens with two attached hydrogens (primary N) is 1. The molecule has 0 saturated carbocycles. The molecule has 2 aliphatic rings. The van der Waals surface area contributed by atoms with Gasteiger partial charge in [0.05, 0.1) is 12.3 Å². The number of allylic oxidation sites excluding steroid dienone is 2. The molecule has 2 N–H and O–H groups in total. The molecule has 6 nitrogen and oxygen atoms in total. The second-order valence-electron chi connectivity index (χ2n) is 6.63. The number of carbonyl (C=O) groups excluding carboxylic acids is 2. The highest BCUT2D eigenvalue weighted by Gasteiger charge is 2.36. The van der Waals surface area contributed by atoms with E-state index in [0.29, 0.717) is 18.4 Å². The summed E-state index contributed by atoms with van der Waals surface area (Å²) in [6, 6.07) is 8.54. The highest BCUT2D eigenvalue weighted by molar-refractivity contribution is 6.38. The first kappa shape index (κ1) is 17.2. The fourth-order valence-corrected chi connectivity index (χ4v) is 3.18. The lowest BCUT2D eigenvalue weighted by Crippen LogP contribution is -2.39. The molecule has 1 amide bonds. The molecule has 0 unspecified atom stereocenters. The number of ether oxygens (including phenoxy) is 1. The molecular weight excluding hydrogens is 318 g/mol. The molecular formula is C19H23N3O3. The van der Waals surface area contributed by atoms with Crippen LogP contribution in [0.2, 0.25) is 0 Å². The van der Waals surface area contributed by atoms with Crippen LogP contribution in [0.1, 0.15) is 26.2 Å². The van der Waals surface area contributed by atoms with Crippen LogP contribution in [0.25, 0.3) is 0 Å². The number of nitrogens with zero attached hydrogens (tertiary/aromatic N) is 2. The maximum absolute atomic E-state index is 12.4. The third-order valence-electron chi connectivity index (χ3n) is 4.84. The molecule has 0 saturated heterocycles. The van der Waals surface area contributed by atoms with Gasteiger partial charge in [0.25, 0.3) is 0 Å². The first-order valence-corrected chi connectivity index (χ1v) is 8.59. The van der Waals surface area contributed by atoms with E-state index in [1.165, 1.54) is 5.01 Å². The largest absolute Gasteiger partial charge is 0.461 e. The molecule has 25 heavy (non-hydrogen) atoms. The number of amides is 1. The van der Waals surface area contributed by atoms with Crippen LogP contribution < -0.4 is 10.7 Å². The number of primary amides is 1. The summed E-state index contributed by atoms with van der Waals surface area (Å²) in [5.74, 6) is -0.163. The van der Waals surface area contributed by atoms with E-state index in [2.05, 4.69) is 24.2 Å². The first-order valence-electron chi connectivity index (χ1n) is 8.59. The summed E-state index contributed by atoms with van der Waals surface area (Å²) in [7, 11) is 0. The lowest BCUT2D eigenvalue weighted by Gasteiger charge is -2.24. The highest BCUT2D eigenvalue weighted by Crippen LogP contribution is 2.27. The van der Waals surface area contributed by atoms with Crippen molar-refractivity contribution in [3.8, 4) is 0 Å². The molecule has 3 rings (SSSR count). The van der Waals surface area contributed by atoms with E-state index in [1.807, 2.05) is 30.3 Å². The van der Waals surface area contributed by atoms with Crippen LogP contribution in [-0.2, 0) is 14.3 Å². The average Bonchev–Trinajstić information content (AvgIpc) is 3.07. The van der Waals surface area contributed by atoms with Crippen LogP contribution >= 0.6 is 0 Å². The minimum Gasteiger partial charge on any atom is -0.461 e. The van der Waals surface area contributed by atoms with Gasteiger partial charge >= 0.3 is 5.97 Å². The van der Waals surface area contributed by atoms with E-state index < -0.39 is 17.9 Å². The minimum atomic E-state index is -0.665. The number of hydrogen-bond donors (Lipinski definition) is 1. The molecule has 0 bridgehead atoms. The number of hydrogen-bond acceptors (Lipinski definition) is 5. The van der Waals surface area contributed by atoms with Crippen molar-refractivity contribution in [1.29, 1.82) is 0 Å². The molecule has 132 valence electrons. The van der Waals surface area contributed by atoms with Gasteiger partial charge in [0.15, 0.2) is 0 Å². The van der Waals surface area contributed by atoms with Crippen molar-refractivity contribution in [2.45, 2.75) is 32.2 Å². The number of anilines is 1. The molecule has 1 aliphatic carbocycles. The second-order valence-corrected chi connectivity index (χ2v) is 6.63. The number of hydrazone groups is 1. The van der Waals surface area contributed by atoms with Crippen molar-refractivity contribution in [1.82, 2.24) is 0 Å². The summed E-state index contributed by atoms with van der Waals surface area (Å²) in [5, 5.41) is 5.81. The topological polar surface area (TPSA) is 85.0 Å². The van der Waals surface area contributed by atoms with Crippen molar-refractivity contribution in [3.05, 3.63) is 42.5 Å². The normalized spacial score (nSPS) is 25.6. The van der Waals surface area contributed by atoms with Gasteiger partial charge in [-0.2, -0.15) is 5.10 Å². The van der Waals surface area contributed by atoms with Crippen LogP contribution in [0.4, 0.5) is 5.69 Å². The molecule has 1 aromatic carbocycles. The predicted octanol–water partition coefficient (Wildman–Crippen LogP) is 2.25. The van der Waals surface area contributed by atoms with Gasteiger partial charge in [-0.05, 0) is 36.8 Å². The lowest BCUT2D eigenvalue weighted by atomic mass is 9.85. The number of carbonyl (C=O) groups is 2. The van der Waals surface area contributed by atoms with Crippen molar-refractivity contribution in [2.24, 2.45) is 22.7 Å². The Bertz CT molecular complexity index is 699.